The largest absolute Gasteiger partial charge is 0.497 e. The Morgan fingerprint density at radius 2 is 1.85 bits per heavy atom. The quantitative estimate of drug-likeness (QED) is 0.730. The van der Waals surface area contributed by atoms with Gasteiger partial charge in [-0.05, 0) is 32.9 Å². The lowest BCUT2D eigenvalue weighted by Crippen LogP contribution is -2.15. The van der Waals surface area contributed by atoms with Crippen molar-refractivity contribution in [2.75, 3.05) is 20.3 Å². The lowest BCUT2D eigenvalue weighted by atomic mass is 10.3. The minimum absolute atomic E-state index is 0.427. The SMILES string of the molecule is CCOC(OCC)c1nc2cc(OC)ccc2n1CC. The van der Waals surface area contributed by atoms with Gasteiger partial charge < -0.3 is 18.8 Å². The second-order valence-corrected chi connectivity index (χ2v) is 4.31. The van der Waals surface area contributed by atoms with Crippen molar-refractivity contribution < 1.29 is 14.2 Å². The van der Waals surface area contributed by atoms with Crippen LogP contribution in [0.4, 0.5) is 0 Å². The van der Waals surface area contributed by atoms with Crippen LogP contribution in [0, 0.1) is 0 Å². The first-order valence-corrected chi connectivity index (χ1v) is 7.02. The van der Waals surface area contributed by atoms with E-state index in [4.69, 9.17) is 14.2 Å². The van der Waals surface area contributed by atoms with Crippen LogP contribution in [0.3, 0.4) is 0 Å². The van der Waals surface area contributed by atoms with Crippen LogP contribution in [-0.4, -0.2) is 29.9 Å². The highest BCUT2D eigenvalue weighted by atomic mass is 16.7. The van der Waals surface area contributed by atoms with Crippen molar-refractivity contribution >= 4 is 11.0 Å². The number of benzene rings is 1. The number of hydrogen-bond acceptors (Lipinski definition) is 4. The summed E-state index contributed by atoms with van der Waals surface area (Å²) in [6.45, 7) is 7.97. The van der Waals surface area contributed by atoms with Gasteiger partial charge in [0, 0.05) is 25.8 Å². The Kier molecular flexibility index (Phi) is 4.98. The van der Waals surface area contributed by atoms with Crippen LogP contribution < -0.4 is 4.74 Å². The Balaban J connectivity index is 2.50. The fraction of sp³-hybridized carbons (Fsp3) is 0.533. The van der Waals surface area contributed by atoms with Crippen molar-refractivity contribution in [1.29, 1.82) is 0 Å². The molecule has 0 fully saturated rings. The van der Waals surface area contributed by atoms with Crippen LogP contribution in [-0.2, 0) is 16.0 Å². The summed E-state index contributed by atoms with van der Waals surface area (Å²) < 4.78 is 18.7. The molecule has 0 bridgehead atoms. The number of rotatable bonds is 7. The van der Waals surface area contributed by atoms with Crippen molar-refractivity contribution in [3.8, 4) is 5.75 Å². The van der Waals surface area contributed by atoms with Gasteiger partial charge in [-0.15, -0.1) is 0 Å². The average Bonchev–Trinajstić information content (AvgIpc) is 2.84. The summed E-state index contributed by atoms with van der Waals surface area (Å²) >= 11 is 0. The van der Waals surface area contributed by atoms with E-state index in [9.17, 15) is 0 Å². The molecule has 0 N–H and O–H groups in total. The molecule has 0 unspecified atom stereocenters. The number of imidazole rings is 1. The molecule has 0 aliphatic carbocycles. The number of hydrogen-bond donors (Lipinski definition) is 0. The second-order valence-electron chi connectivity index (χ2n) is 4.31. The van der Waals surface area contributed by atoms with Gasteiger partial charge in [0.15, 0.2) is 5.82 Å². The number of fused-ring (bicyclic) bond motifs is 1. The van der Waals surface area contributed by atoms with Crippen molar-refractivity contribution in [1.82, 2.24) is 9.55 Å². The molecular weight excluding hydrogens is 256 g/mol. The molecule has 1 heterocycles. The predicted octanol–water partition coefficient (Wildman–Crippen LogP) is 3.14. The molecule has 2 rings (SSSR count). The zero-order chi connectivity index (χ0) is 14.5. The Bertz CT molecular complexity index is 559. The number of nitrogens with zero attached hydrogens (tertiary/aromatic N) is 2. The highest BCUT2D eigenvalue weighted by molar-refractivity contribution is 5.77. The summed E-state index contributed by atoms with van der Waals surface area (Å²) in [7, 11) is 1.65. The van der Waals surface area contributed by atoms with E-state index in [2.05, 4.69) is 16.5 Å². The Labute approximate surface area is 119 Å². The molecule has 0 aliphatic rings. The Morgan fingerprint density at radius 1 is 1.15 bits per heavy atom. The summed E-state index contributed by atoms with van der Waals surface area (Å²) in [6, 6.07) is 5.89. The van der Waals surface area contributed by atoms with Crippen LogP contribution in [0.2, 0.25) is 0 Å². The van der Waals surface area contributed by atoms with E-state index in [-0.39, 0.29) is 0 Å². The van der Waals surface area contributed by atoms with Gasteiger partial charge in [0.2, 0.25) is 6.29 Å². The average molecular weight is 278 g/mol. The number of aromatic nitrogens is 2. The van der Waals surface area contributed by atoms with E-state index in [0.29, 0.717) is 13.2 Å². The van der Waals surface area contributed by atoms with E-state index >= 15 is 0 Å². The monoisotopic (exact) mass is 278 g/mol. The first-order valence-electron chi connectivity index (χ1n) is 7.02. The zero-order valence-electron chi connectivity index (χ0n) is 12.5. The van der Waals surface area contributed by atoms with E-state index in [1.807, 2.05) is 32.0 Å². The molecule has 0 aliphatic heterocycles. The van der Waals surface area contributed by atoms with Crippen molar-refractivity contribution in [3.63, 3.8) is 0 Å². The third-order valence-electron chi connectivity index (χ3n) is 3.15. The fourth-order valence-corrected chi connectivity index (χ4v) is 2.27. The molecule has 1 aromatic carbocycles. The minimum atomic E-state index is -0.427. The van der Waals surface area contributed by atoms with Crippen LogP contribution in [0.15, 0.2) is 18.2 Å². The van der Waals surface area contributed by atoms with Gasteiger partial charge in [-0.1, -0.05) is 0 Å². The van der Waals surface area contributed by atoms with Gasteiger partial charge >= 0.3 is 0 Å². The third kappa shape index (κ3) is 2.78. The maximum atomic E-state index is 5.66. The first kappa shape index (κ1) is 14.8. The molecule has 5 nitrogen and oxygen atoms in total. The second kappa shape index (κ2) is 6.72. The minimum Gasteiger partial charge on any atom is -0.497 e. The maximum absolute atomic E-state index is 5.66. The lowest BCUT2D eigenvalue weighted by molar-refractivity contribution is -0.146. The lowest BCUT2D eigenvalue weighted by Gasteiger charge is -2.17. The summed E-state index contributed by atoms with van der Waals surface area (Å²) in [6.07, 6.45) is -0.427. The smallest absolute Gasteiger partial charge is 0.217 e. The maximum Gasteiger partial charge on any atom is 0.217 e. The number of ether oxygens (including phenoxy) is 3. The van der Waals surface area contributed by atoms with Crippen molar-refractivity contribution in [2.24, 2.45) is 0 Å². The van der Waals surface area contributed by atoms with Gasteiger partial charge in [0.25, 0.3) is 0 Å². The van der Waals surface area contributed by atoms with Crippen LogP contribution in [0.5, 0.6) is 5.75 Å². The highest BCUT2D eigenvalue weighted by Crippen LogP contribution is 2.26. The molecule has 0 radical (unpaired) electrons. The molecule has 20 heavy (non-hydrogen) atoms. The predicted molar refractivity (Wildman–Crippen MR) is 78.0 cm³/mol. The van der Waals surface area contributed by atoms with Crippen LogP contribution in [0.25, 0.3) is 11.0 Å². The number of aryl methyl sites for hydroxylation is 1. The molecule has 0 atom stereocenters. The van der Waals surface area contributed by atoms with Crippen molar-refractivity contribution in [3.05, 3.63) is 24.0 Å². The fourth-order valence-electron chi connectivity index (χ4n) is 2.27. The topological polar surface area (TPSA) is 45.5 Å². The normalized spacial score (nSPS) is 11.4. The standard InChI is InChI=1S/C15H22N2O3/c1-5-17-13-9-8-11(18-4)10-12(13)16-14(17)15(19-6-2)20-7-3/h8-10,15H,5-7H2,1-4H3. The third-order valence-corrected chi connectivity index (χ3v) is 3.15. The van der Waals surface area contributed by atoms with E-state index in [1.54, 1.807) is 7.11 Å². The van der Waals surface area contributed by atoms with Gasteiger partial charge in [0.05, 0.1) is 18.1 Å². The summed E-state index contributed by atoms with van der Waals surface area (Å²) in [4.78, 5) is 4.66. The van der Waals surface area contributed by atoms with Gasteiger partial charge in [0.1, 0.15) is 5.75 Å². The summed E-state index contributed by atoms with van der Waals surface area (Å²) in [5.74, 6) is 1.61. The number of methoxy groups -OCH3 is 1. The molecule has 0 saturated heterocycles. The molecule has 5 heteroatoms. The summed E-state index contributed by atoms with van der Waals surface area (Å²) in [5, 5.41) is 0. The molecule has 1 aromatic heterocycles. The van der Waals surface area contributed by atoms with Gasteiger partial charge in [-0.2, -0.15) is 0 Å². The van der Waals surface area contributed by atoms with E-state index in [1.165, 1.54) is 0 Å². The van der Waals surface area contributed by atoms with Crippen LogP contribution in [0.1, 0.15) is 32.9 Å². The van der Waals surface area contributed by atoms with Crippen molar-refractivity contribution in [2.45, 2.75) is 33.6 Å². The Morgan fingerprint density at radius 3 is 2.40 bits per heavy atom. The van der Waals surface area contributed by atoms with E-state index in [0.717, 1.165) is 29.2 Å². The van der Waals surface area contributed by atoms with E-state index < -0.39 is 6.29 Å². The van der Waals surface area contributed by atoms with Crippen LogP contribution >= 0.6 is 0 Å². The molecule has 2 aromatic rings. The molecule has 0 amide bonds. The summed E-state index contributed by atoms with van der Waals surface area (Å²) in [5.41, 5.74) is 1.96. The zero-order valence-corrected chi connectivity index (χ0v) is 12.5. The molecule has 110 valence electrons. The molecule has 0 saturated carbocycles. The Hall–Kier alpha value is -1.59. The first-order chi connectivity index (χ1) is 9.74. The highest BCUT2D eigenvalue weighted by Gasteiger charge is 2.20. The van der Waals surface area contributed by atoms with Gasteiger partial charge in [-0.25, -0.2) is 4.98 Å². The molecular formula is C15H22N2O3. The van der Waals surface area contributed by atoms with Gasteiger partial charge in [-0.3, -0.25) is 0 Å². The molecule has 0 spiro atoms.